The largest absolute Gasteiger partial charge is 0.482 e. The van der Waals surface area contributed by atoms with Crippen LogP contribution in [0.15, 0.2) is 18.2 Å². The Labute approximate surface area is 143 Å². The summed E-state index contributed by atoms with van der Waals surface area (Å²) in [7, 11) is 0. The summed E-state index contributed by atoms with van der Waals surface area (Å²) in [6, 6.07) is 6.08. The molecule has 1 aromatic carbocycles. The van der Waals surface area contributed by atoms with Crippen molar-refractivity contribution in [1.82, 2.24) is 5.32 Å². The van der Waals surface area contributed by atoms with Crippen LogP contribution in [0.3, 0.4) is 0 Å². The average molecular weight is 330 g/mol. The van der Waals surface area contributed by atoms with Crippen LogP contribution in [0.25, 0.3) is 0 Å². The summed E-state index contributed by atoms with van der Waals surface area (Å²) in [5.41, 5.74) is 1.84. The molecule has 0 bridgehead atoms. The molecule has 1 aliphatic heterocycles. The van der Waals surface area contributed by atoms with Crippen LogP contribution in [0.1, 0.15) is 44.6 Å². The standard InChI is InChI=1S/C19H26N2O3/c1-13-3-6-15(7-4-13)20-18(22)9-10-21-16-11-14(2)5-8-17(16)24-12-19(21)23/h5,8,11,13,15H,3-4,6-7,9-10,12H2,1-2H3,(H,20,22). The third kappa shape index (κ3) is 3.89. The average Bonchev–Trinajstić information content (AvgIpc) is 2.56. The maximum absolute atomic E-state index is 12.2. The van der Waals surface area contributed by atoms with Gasteiger partial charge < -0.3 is 15.0 Å². The quantitative estimate of drug-likeness (QED) is 0.923. The van der Waals surface area contributed by atoms with E-state index in [1.165, 1.54) is 12.8 Å². The molecule has 0 saturated heterocycles. The van der Waals surface area contributed by atoms with E-state index in [0.29, 0.717) is 24.8 Å². The van der Waals surface area contributed by atoms with E-state index < -0.39 is 0 Å². The lowest BCUT2D eigenvalue weighted by molar-refractivity contribution is -0.122. The van der Waals surface area contributed by atoms with E-state index in [1.54, 1.807) is 4.90 Å². The summed E-state index contributed by atoms with van der Waals surface area (Å²) in [6.45, 7) is 4.68. The van der Waals surface area contributed by atoms with E-state index in [0.717, 1.165) is 30.0 Å². The monoisotopic (exact) mass is 330 g/mol. The van der Waals surface area contributed by atoms with Gasteiger partial charge in [-0.05, 0) is 56.2 Å². The molecule has 5 heteroatoms. The smallest absolute Gasteiger partial charge is 0.265 e. The second-order valence-corrected chi connectivity index (χ2v) is 7.08. The minimum absolute atomic E-state index is 0.0306. The molecular weight excluding hydrogens is 304 g/mol. The van der Waals surface area contributed by atoms with Crippen molar-refractivity contribution in [3.8, 4) is 5.75 Å². The van der Waals surface area contributed by atoms with Crippen molar-refractivity contribution in [3.63, 3.8) is 0 Å². The van der Waals surface area contributed by atoms with Crippen LogP contribution in [0, 0.1) is 12.8 Å². The summed E-state index contributed by atoms with van der Waals surface area (Å²) in [5, 5.41) is 3.12. The van der Waals surface area contributed by atoms with Gasteiger partial charge in [-0.3, -0.25) is 9.59 Å². The number of fused-ring (bicyclic) bond motifs is 1. The normalized spacial score (nSPS) is 23.4. The van der Waals surface area contributed by atoms with E-state index in [1.807, 2.05) is 25.1 Å². The van der Waals surface area contributed by atoms with Crippen molar-refractivity contribution in [1.29, 1.82) is 0 Å². The van der Waals surface area contributed by atoms with Crippen molar-refractivity contribution >= 4 is 17.5 Å². The summed E-state index contributed by atoms with van der Waals surface area (Å²) in [5.74, 6) is 1.42. The second kappa shape index (κ2) is 7.24. The highest BCUT2D eigenvalue weighted by molar-refractivity contribution is 5.98. The molecule has 1 aliphatic carbocycles. The van der Waals surface area contributed by atoms with Crippen LogP contribution in [0.4, 0.5) is 5.69 Å². The highest BCUT2D eigenvalue weighted by Gasteiger charge is 2.26. The van der Waals surface area contributed by atoms with Gasteiger partial charge in [-0.2, -0.15) is 0 Å². The number of hydrogen-bond acceptors (Lipinski definition) is 3. The van der Waals surface area contributed by atoms with Crippen molar-refractivity contribution in [3.05, 3.63) is 23.8 Å². The first-order chi connectivity index (χ1) is 11.5. The fraction of sp³-hybridized carbons (Fsp3) is 0.579. The number of aryl methyl sites for hydroxylation is 1. The predicted octanol–water partition coefficient (Wildman–Crippen LogP) is 2.81. The van der Waals surface area contributed by atoms with Gasteiger partial charge in [0.1, 0.15) is 5.75 Å². The number of anilines is 1. The van der Waals surface area contributed by atoms with E-state index in [-0.39, 0.29) is 18.4 Å². The zero-order chi connectivity index (χ0) is 17.1. The number of hydrogen-bond donors (Lipinski definition) is 1. The van der Waals surface area contributed by atoms with Crippen molar-refractivity contribution in [2.75, 3.05) is 18.1 Å². The number of amides is 2. The van der Waals surface area contributed by atoms with Gasteiger partial charge in [0, 0.05) is 19.0 Å². The second-order valence-electron chi connectivity index (χ2n) is 7.08. The van der Waals surface area contributed by atoms with Crippen LogP contribution >= 0.6 is 0 Å². The molecule has 24 heavy (non-hydrogen) atoms. The van der Waals surface area contributed by atoms with Crippen molar-refractivity contribution < 1.29 is 14.3 Å². The first kappa shape index (κ1) is 16.8. The Morgan fingerprint density at radius 3 is 2.79 bits per heavy atom. The molecule has 1 fully saturated rings. The summed E-state index contributed by atoms with van der Waals surface area (Å²) in [4.78, 5) is 26.1. The van der Waals surface area contributed by atoms with E-state index >= 15 is 0 Å². The van der Waals surface area contributed by atoms with Crippen LogP contribution in [0.2, 0.25) is 0 Å². The number of carbonyl (C=O) groups excluding carboxylic acids is 2. The minimum Gasteiger partial charge on any atom is -0.482 e. The van der Waals surface area contributed by atoms with Crippen molar-refractivity contribution in [2.45, 2.75) is 52.0 Å². The number of carbonyl (C=O) groups is 2. The van der Waals surface area contributed by atoms with Gasteiger partial charge in [0.2, 0.25) is 5.91 Å². The Kier molecular flexibility index (Phi) is 5.07. The Hall–Kier alpha value is -2.04. The SMILES string of the molecule is Cc1ccc2c(c1)N(CCC(=O)NC1CCC(C)CC1)C(=O)CO2. The highest BCUT2D eigenvalue weighted by Crippen LogP contribution is 2.32. The minimum atomic E-state index is -0.0904. The molecule has 0 spiro atoms. The molecule has 0 unspecified atom stereocenters. The molecule has 1 heterocycles. The third-order valence-electron chi connectivity index (χ3n) is 5.00. The summed E-state index contributed by atoms with van der Waals surface area (Å²) in [6.07, 6.45) is 4.81. The van der Waals surface area contributed by atoms with Gasteiger partial charge in [-0.25, -0.2) is 0 Å². The zero-order valence-corrected chi connectivity index (χ0v) is 14.5. The van der Waals surface area contributed by atoms with Crippen molar-refractivity contribution in [2.24, 2.45) is 5.92 Å². The lowest BCUT2D eigenvalue weighted by Crippen LogP contribution is -2.43. The topological polar surface area (TPSA) is 58.6 Å². The van der Waals surface area contributed by atoms with Crippen LogP contribution in [0.5, 0.6) is 5.75 Å². The molecule has 130 valence electrons. The fourth-order valence-corrected chi connectivity index (χ4v) is 3.47. The summed E-state index contributed by atoms with van der Waals surface area (Å²) >= 11 is 0. The van der Waals surface area contributed by atoms with E-state index in [2.05, 4.69) is 12.2 Å². The Morgan fingerprint density at radius 2 is 2.04 bits per heavy atom. The summed E-state index contributed by atoms with van der Waals surface area (Å²) < 4.78 is 5.47. The molecule has 2 aliphatic rings. The molecule has 3 rings (SSSR count). The maximum atomic E-state index is 12.2. The zero-order valence-electron chi connectivity index (χ0n) is 14.5. The number of nitrogens with one attached hydrogen (secondary N) is 1. The van der Waals surface area contributed by atoms with Crippen LogP contribution in [-0.4, -0.2) is 31.0 Å². The lowest BCUT2D eigenvalue weighted by atomic mass is 9.87. The first-order valence-electron chi connectivity index (χ1n) is 8.86. The first-order valence-corrected chi connectivity index (χ1v) is 8.86. The van der Waals surface area contributed by atoms with Crippen LogP contribution in [-0.2, 0) is 9.59 Å². The van der Waals surface area contributed by atoms with Gasteiger partial charge in [0.25, 0.3) is 5.91 Å². The number of ether oxygens (including phenoxy) is 1. The molecular formula is C19H26N2O3. The van der Waals surface area contributed by atoms with E-state index in [4.69, 9.17) is 4.74 Å². The molecule has 5 nitrogen and oxygen atoms in total. The van der Waals surface area contributed by atoms with Crippen LogP contribution < -0.4 is 15.0 Å². The van der Waals surface area contributed by atoms with Gasteiger partial charge in [0.15, 0.2) is 6.61 Å². The Morgan fingerprint density at radius 1 is 1.29 bits per heavy atom. The Balaban J connectivity index is 1.57. The fourth-order valence-electron chi connectivity index (χ4n) is 3.47. The van der Waals surface area contributed by atoms with E-state index in [9.17, 15) is 9.59 Å². The predicted molar refractivity (Wildman–Crippen MR) is 93.2 cm³/mol. The Bertz CT molecular complexity index is 621. The van der Waals surface area contributed by atoms with Gasteiger partial charge in [-0.1, -0.05) is 13.0 Å². The van der Waals surface area contributed by atoms with Gasteiger partial charge in [0.05, 0.1) is 5.69 Å². The molecule has 2 amide bonds. The molecule has 1 N–H and O–H groups in total. The molecule has 0 aromatic heterocycles. The maximum Gasteiger partial charge on any atom is 0.265 e. The third-order valence-corrected chi connectivity index (χ3v) is 5.00. The molecule has 0 radical (unpaired) electrons. The van der Waals surface area contributed by atoms with Gasteiger partial charge in [-0.15, -0.1) is 0 Å². The molecule has 0 atom stereocenters. The number of rotatable bonds is 4. The molecule has 1 saturated carbocycles. The van der Waals surface area contributed by atoms with Gasteiger partial charge >= 0.3 is 0 Å². The molecule has 1 aromatic rings. The number of nitrogens with zero attached hydrogens (tertiary/aromatic N) is 1. The highest BCUT2D eigenvalue weighted by atomic mass is 16.5. The lowest BCUT2D eigenvalue weighted by Gasteiger charge is -2.30. The number of benzene rings is 1.